The maximum absolute atomic E-state index is 12.9. The summed E-state index contributed by atoms with van der Waals surface area (Å²) in [6.45, 7) is 6.71. The fourth-order valence-corrected chi connectivity index (χ4v) is 5.47. The van der Waals surface area contributed by atoms with Crippen molar-refractivity contribution in [1.29, 1.82) is 0 Å². The number of morpholine rings is 1. The van der Waals surface area contributed by atoms with Gasteiger partial charge < -0.3 is 14.5 Å². The summed E-state index contributed by atoms with van der Waals surface area (Å²) in [6, 6.07) is 8.52. The van der Waals surface area contributed by atoms with Crippen molar-refractivity contribution in [3.63, 3.8) is 0 Å². The molecule has 0 spiro atoms. The second kappa shape index (κ2) is 8.43. The molecule has 2 aliphatic rings. The maximum atomic E-state index is 12.9. The van der Waals surface area contributed by atoms with Crippen molar-refractivity contribution >= 4 is 33.4 Å². The zero-order chi connectivity index (χ0) is 20.4. The molecule has 0 aliphatic carbocycles. The largest absolute Gasteiger partial charge is 0.378 e. The van der Waals surface area contributed by atoms with Crippen LogP contribution in [0.1, 0.15) is 5.69 Å². The fraction of sp³-hybridized carbons (Fsp3) is 0.474. The number of ether oxygens (including phenoxy) is 1. The van der Waals surface area contributed by atoms with Gasteiger partial charge in [-0.1, -0.05) is 23.7 Å². The zero-order valence-electron chi connectivity index (χ0n) is 16.3. The van der Waals surface area contributed by atoms with Crippen LogP contribution in [0.15, 0.2) is 35.2 Å². The molecule has 3 heterocycles. The molecule has 0 amide bonds. The van der Waals surface area contributed by atoms with Crippen molar-refractivity contribution in [1.82, 2.24) is 14.3 Å². The molecule has 156 valence electrons. The Morgan fingerprint density at radius 3 is 2.34 bits per heavy atom. The van der Waals surface area contributed by atoms with Crippen molar-refractivity contribution < 1.29 is 13.2 Å². The first-order chi connectivity index (χ1) is 13.9. The molecule has 1 aromatic heterocycles. The van der Waals surface area contributed by atoms with Crippen LogP contribution in [0.2, 0.25) is 5.02 Å². The molecule has 8 nitrogen and oxygen atoms in total. The Balaban J connectivity index is 1.48. The van der Waals surface area contributed by atoms with Gasteiger partial charge in [-0.2, -0.15) is 9.29 Å². The highest BCUT2D eigenvalue weighted by Gasteiger charge is 2.31. The van der Waals surface area contributed by atoms with Gasteiger partial charge in [0.2, 0.25) is 16.0 Å². The molecule has 0 bridgehead atoms. The Kier molecular flexibility index (Phi) is 5.91. The first-order valence-corrected chi connectivity index (χ1v) is 11.4. The SMILES string of the molecule is Cc1cc(N2CCOCC2)nc(N2CCN(S(=O)(=O)c3ccccc3Cl)CC2)n1. The lowest BCUT2D eigenvalue weighted by atomic mass is 10.3. The molecular formula is C19H24ClN5O3S. The fourth-order valence-electron chi connectivity index (χ4n) is 3.55. The van der Waals surface area contributed by atoms with Gasteiger partial charge >= 0.3 is 0 Å². The first-order valence-electron chi connectivity index (χ1n) is 9.63. The second-order valence-corrected chi connectivity index (χ2v) is 9.40. The van der Waals surface area contributed by atoms with E-state index < -0.39 is 10.0 Å². The maximum Gasteiger partial charge on any atom is 0.244 e. The van der Waals surface area contributed by atoms with E-state index in [1.165, 1.54) is 4.31 Å². The lowest BCUT2D eigenvalue weighted by Gasteiger charge is -2.35. The Morgan fingerprint density at radius 1 is 0.966 bits per heavy atom. The van der Waals surface area contributed by atoms with Crippen LogP contribution in [-0.4, -0.2) is 75.2 Å². The highest BCUT2D eigenvalue weighted by atomic mass is 35.5. The number of aryl methyl sites for hydroxylation is 1. The summed E-state index contributed by atoms with van der Waals surface area (Å²) >= 11 is 6.11. The number of rotatable bonds is 4. The summed E-state index contributed by atoms with van der Waals surface area (Å²) in [4.78, 5) is 13.7. The van der Waals surface area contributed by atoms with Gasteiger partial charge in [-0.05, 0) is 19.1 Å². The van der Waals surface area contributed by atoms with E-state index in [4.69, 9.17) is 21.3 Å². The molecule has 4 rings (SSSR count). The third-order valence-corrected chi connectivity index (χ3v) is 7.54. The summed E-state index contributed by atoms with van der Waals surface area (Å²) in [5.74, 6) is 1.53. The first kappa shape index (κ1) is 20.3. The van der Waals surface area contributed by atoms with E-state index in [9.17, 15) is 8.42 Å². The van der Waals surface area contributed by atoms with Gasteiger partial charge in [0.15, 0.2) is 0 Å². The van der Waals surface area contributed by atoms with E-state index in [1.54, 1.807) is 24.3 Å². The summed E-state index contributed by atoms with van der Waals surface area (Å²) < 4.78 is 32.8. The molecule has 29 heavy (non-hydrogen) atoms. The lowest BCUT2D eigenvalue weighted by Crippen LogP contribution is -2.49. The second-order valence-electron chi connectivity index (χ2n) is 7.09. The number of hydrogen-bond donors (Lipinski definition) is 0. The average Bonchev–Trinajstić information content (AvgIpc) is 2.74. The topological polar surface area (TPSA) is 78.9 Å². The highest BCUT2D eigenvalue weighted by molar-refractivity contribution is 7.89. The van der Waals surface area contributed by atoms with Crippen LogP contribution in [0, 0.1) is 6.92 Å². The number of sulfonamides is 1. The number of nitrogens with zero attached hydrogens (tertiary/aromatic N) is 5. The van der Waals surface area contributed by atoms with Crippen LogP contribution in [0.25, 0.3) is 0 Å². The summed E-state index contributed by atoms with van der Waals surface area (Å²) in [5.41, 5.74) is 0.891. The third kappa shape index (κ3) is 4.32. The predicted molar refractivity (Wildman–Crippen MR) is 112 cm³/mol. The number of anilines is 2. The van der Waals surface area contributed by atoms with Crippen LogP contribution in [0.4, 0.5) is 11.8 Å². The van der Waals surface area contributed by atoms with Gasteiger partial charge in [-0.15, -0.1) is 0 Å². The van der Waals surface area contributed by atoms with E-state index >= 15 is 0 Å². The minimum absolute atomic E-state index is 0.150. The Labute approximate surface area is 176 Å². The monoisotopic (exact) mass is 437 g/mol. The number of benzene rings is 1. The highest BCUT2D eigenvalue weighted by Crippen LogP contribution is 2.26. The lowest BCUT2D eigenvalue weighted by molar-refractivity contribution is 0.122. The minimum atomic E-state index is -3.62. The molecule has 2 saturated heterocycles. The Hall–Kier alpha value is -1.94. The molecule has 2 aromatic rings. The van der Waals surface area contributed by atoms with Gasteiger partial charge in [0.05, 0.1) is 18.2 Å². The molecule has 0 radical (unpaired) electrons. The molecule has 0 unspecified atom stereocenters. The Morgan fingerprint density at radius 2 is 1.66 bits per heavy atom. The van der Waals surface area contributed by atoms with Gasteiger partial charge in [-0.3, -0.25) is 0 Å². The molecule has 1 aromatic carbocycles. The van der Waals surface area contributed by atoms with Crippen molar-refractivity contribution in [3.05, 3.63) is 41.0 Å². The summed E-state index contributed by atoms with van der Waals surface area (Å²) in [7, 11) is -3.62. The number of aromatic nitrogens is 2. The predicted octanol–water partition coefficient (Wildman–Crippen LogP) is 1.79. The summed E-state index contributed by atoms with van der Waals surface area (Å²) in [5, 5.41) is 0.243. The van der Waals surface area contributed by atoms with Crippen LogP contribution in [0.5, 0.6) is 0 Å². The number of hydrogen-bond acceptors (Lipinski definition) is 7. The third-order valence-electron chi connectivity index (χ3n) is 5.14. The van der Waals surface area contributed by atoms with E-state index in [2.05, 4.69) is 9.88 Å². The van der Waals surface area contributed by atoms with E-state index in [-0.39, 0.29) is 9.92 Å². The quantitative estimate of drug-likeness (QED) is 0.721. The van der Waals surface area contributed by atoms with Crippen LogP contribution in [0.3, 0.4) is 0 Å². The van der Waals surface area contributed by atoms with E-state index in [1.807, 2.05) is 17.9 Å². The van der Waals surface area contributed by atoms with Crippen LogP contribution < -0.4 is 9.80 Å². The van der Waals surface area contributed by atoms with Crippen molar-refractivity contribution in [3.8, 4) is 0 Å². The molecule has 10 heteroatoms. The smallest absolute Gasteiger partial charge is 0.244 e. The van der Waals surface area contributed by atoms with Crippen molar-refractivity contribution in [2.24, 2.45) is 0 Å². The molecule has 2 fully saturated rings. The molecule has 0 N–H and O–H groups in total. The van der Waals surface area contributed by atoms with E-state index in [0.717, 1.165) is 24.6 Å². The van der Waals surface area contributed by atoms with Gasteiger partial charge in [-0.25, -0.2) is 13.4 Å². The van der Waals surface area contributed by atoms with Gasteiger partial charge in [0.25, 0.3) is 0 Å². The van der Waals surface area contributed by atoms with Crippen LogP contribution in [-0.2, 0) is 14.8 Å². The van der Waals surface area contributed by atoms with Crippen molar-refractivity contribution in [2.75, 3.05) is 62.3 Å². The minimum Gasteiger partial charge on any atom is -0.378 e. The van der Waals surface area contributed by atoms with Crippen LogP contribution >= 0.6 is 11.6 Å². The standard InChI is InChI=1S/C19H24ClN5O3S/c1-15-14-18(23-10-12-28-13-11-23)22-19(21-15)24-6-8-25(9-7-24)29(26,27)17-5-3-2-4-16(17)20/h2-5,14H,6-13H2,1H3. The van der Waals surface area contributed by atoms with E-state index in [0.29, 0.717) is 45.3 Å². The molecule has 0 atom stereocenters. The summed E-state index contributed by atoms with van der Waals surface area (Å²) in [6.07, 6.45) is 0. The molecule has 0 saturated carbocycles. The number of halogens is 1. The van der Waals surface area contributed by atoms with Gasteiger partial charge in [0, 0.05) is 51.0 Å². The normalized spacial score (nSPS) is 18.8. The number of piperazine rings is 1. The van der Waals surface area contributed by atoms with Crippen molar-refractivity contribution in [2.45, 2.75) is 11.8 Å². The molecule has 2 aliphatic heterocycles. The molecular weight excluding hydrogens is 414 g/mol. The zero-order valence-corrected chi connectivity index (χ0v) is 17.9. The Bertz CT molecular complexity index is 974. The average molecular weight is 438 g/mol. The van der Waals surface area contributed by atoms with Gasteiger partial charge in [0.1, 0.15) is 10.7 Å².